The fraction of sp³-hybridized carbons (Fsp3) is 0. The largest absolute Gasteiger partial charge is 0.508 e. The van der Waals surface area contributed by atoms with Gasteiger partial charge in [-0.2, -0.15) is 14.6 Å². The monoisotopic (exact) mass is 288 g/mol. The minimum atomic E-state index is 0.232. The zero-order valence-electron chi connectivity index (χ0n) is 11.6. The predicted molar refractivity (Wildman–Crippen MR) is 83.3 cm³/mol. The van der Waals surface area contributed by atoms with Gasteiger partial charge in [0.25, 0.3) is 5.78 Å². The van der Waals surface area contributed by atoms with E-state index in [9.17, 15) is 5.11 Å². The van der Waals surface area contributed by atoms with Crippen LogP contribution in [0, 0.1) is 0 Å². The molecular formula is C17H12N4O. The van der Waals surface area contributed by atoms with E-state index in [1.54, 1.807) is 16.6 Å². The lowest BCUT2D eigenvalue weighted by atomic mass is 10.1. The smallest absolute Gasteiger partial charge is 0.253 e. The fourth-order valence-electron chi connectivity index (χ4n) is 2.41. The molecule has 0 atom stereocenters. The summed E-state index contributed by atoms with van der Waals surface area (Å²) in [6.07, 6.45) is 1.50. The first kappa shape index (κ1) is 12.5. The Bertz CT molecular complexity index is 930. The molecule has 0 aliphatic carbocycles. The Morgan fingerprint density at radius 1 is 0.864 bits per heavy atom. The van der Waals surface area contributed by atoms with E-state index in [2.05, 4.69) is 15.1 Å². The lowest BCUT2D eigenvalue weighted by molar-refractivity contribution is 0.475. The molecule has 5 nitrogen and oxygen atoms in total. The molecule has 0 radical (unpaired) electrons. The molecule has 106 valence electrons. The molecule has 2 heterocycles. The van der Waals surface area contributed by atoms with Gasteiger partial charge in [0.2, 0.25) is 0 Å². The van der Waals surface area contributed by atoms with Crippen LogP contribution in [-0.4, -0.2) is 24.7 Å². The van der Waals surface area contributed by atoms with Gasteiger partial charge in [-0.25, -0.2) is 4.98 Å². The molecule has 22 heavy (non-hydrogen) atoms. The van der Waals surface area contributed by atoms with E-state index in [1.807, 2.05) is 48.5 Å². The second-order valence-corrected chi connectivity index (χ2v) is 4.91. The van der Waals surface area contributed by atoms with Crippen molar-refractivity contribution in [2.75, 3.05) is 0 Å². The summed E-state index contributed by atoms with van der Waals surface area (Å²) in [5, 5.41) is 13.7. The van der Waals surface area contributed by atoms with Crippen LogP contribution >= 0.6 is 0 Å². The summed E-state index contributed by atoms with van der Waals surface area (Å²) < 4.78 is 1.72. The molecule has 0 saturated carbocycles. The average Bonchev–Trinajstić information content (AvgIpc) is 3.04. The van der Waals surface area contributed by atoms with E-state index in [4.69, 9.17) is 0 Å². The second kappa shape index (κ2) is 4.96. The van der Waals surface area contributed by atoms with Crippen molar-refractivity contribution in [3.63, 3.8) is 0 Å². The lowest BCUT2D eigenvalue weighted by Gasteiger charge is -2.07. The second-order valence-electron chi connectivity index (χ2n) is 4.91. The molecule has 0 spiro atoms. The number of hydrogen-bond donors (Lipinski definition) is 1. The maximum absolute atomic E-state index is 9.43. The summed E-state index contributed by atoms with van der Waals surface area (Å²) in [5.41, 5.74) is 3.67. The molecule has 2 aromatic carbocycles. The highest BCUT2D eigenvalue weighted by Gasteiger charge is 2.10. The number of phenols is 1. The Hall–Kier alpha value is -3.21. The van der Waals surface area contributed by atoms with Crippen LogP contribution in [0.3, 0.4) is 0 Å². The molecule has 0 aliphatic rings. The van der Waals surface area contributed by atoms with Gasteiger partial charge in [0.15, 0.2) is 0 Å². The predicted octanol–water partition coefficient (Wildman–Crippen LogP) is 3.16. The van der Waals surface area contributed by atoms with E-state index in [-0.39, 0.29) is 5.75 Å². The van der Waals surface area contributed by atoms with E-state index in [0.29, 0.717) is 5.78 Å². The lowest BCUT2D eigenvalue weighted by Crippen LogP contribution is -1.98. The molecule has 0 unspecified atom stereocenters. The van der Waals surface area contributed by atoms with Gasteiger partial charge < -0.3 is 5.11 Å². The highest BCUT2D eigenvalue weighted by atomic mass is 16.3. The van der Waals surface area contributed by atoms with E-state index < -0.39 is 0 Å². The third-order valence-electron chi connectivity index (χ3n) is 3.48. The molecule has 0 aliphatic heterocycles. The van der Waals surface area contributed by atoms with Gasteiger partial charge in [0.1, 0.15) is 12.1 Å². The van der Waals surface area contributed by atoms with E-state index in [1.165, 1.54) is 6.33 Å². The minimum Gasteiger partial charge on any atom is -0.508 e. The zero-order chi connectivity index (χ0) is 14.9. The standard InChI is InChI=1S/C17H12N4O/c22-14-8-6-12(7-9-14)15-10-16(13-4-2-1-3-5-13)21-17(20-15)18-11-19-21/h1-11,22H. The summed E-state index contributed by atoms with van der Waals surface area (Å²) in [7, 11) is 0. The zero-order valence-corrected chi connectivity index (χ0v) is 11.6. The van der Waals surface area contributed by atoms with Gasteiger partial charge in [-0.3, -0.25) is 0 Å². The van der Waals surface area contributed by atoms with Crippen molar-refractivity contribution in [1.82, 2.24) is 19.6 Å². The number of aromatic hydroxyl groups is 1. The number of fused-ring (bicyclic) bond motifs is 1. The van der Waals surface area contributed by atoms with Crippen molar-refractivity contribution in [1.29, 1.82) is 0 Å². The summed E-state index contributed by atoms with van der Waals surface area (Å²) in [4.78, 5) is 8.73. The van der Waals surface area contributed by atoms with Crippen LogP contribution in [0.25, 0.3) is 28.3 Å². The number of hydrogen-bond acceptors (Lipinski definition) is 4. The number of aromatic nitrogens is 4. The molecule has 0 bridgehead atoms. The fourth-order valence-corrected chi connectivity index (χ4v) is 2.41. The molecule has 5 heteroatoms. The van der Waals surface area contributed by atoms with Crippen molar-refractivity contribution in [2.24, 2.45) is 0 Å². The van der Waals surface area contributed by atoms with Crippen LogP contribution in [0.1, 0.15) is 0 Å². The van der Waals surface area contributed by atoms with Gasteiger partial charge in [-0.15, -0.1) is 0 Å². The SMILES string of the molecule is Oc1ccc(-c2cc(-c3ccccc3)n3ncnc3n2)cc1. The average molecular weight is 288 g/mol. The Kier molecular flexibility index (Phi) is 2.83. The molecule has 1 N–H and O–H groups in total. The van der Waals surface area contributed by atoms with Crippen molar-refractivity contribution in [2.45, 2.75) is 0 Å². The number of phenolic OH excluding ortho intramolecular Hbond substituents is 1. The number of rotatable bonds is 2. The first-order valence-electron chi connectivity index (χ1n) is 6.87. The third-order valence-corrected chi connectivity index (χ3v) is 3.48. The first-order valence-corrected chi connectivity index (χ1v) is 6.87. The molecular weight excluding hydrogens is 276 g/mol. The minimum absolute atomic E-state index is 0.232. The molecule has 4 rings (SSSR count). The van der Waals surface area contributed by atoms with Gasteiger partial charge in [-0.1, -0.05) is 30.3 Å². The van der Waals surface area contributed by atoms with Crippen LogP contribution in [0.4, 0.5) is 0 Å². The quantitative estimate of drug-likeness (QED) is 0.615. The van der Waals surface area contributed by atoms with E-state index >= 15 is 0 Å². The molecule has 4 aromatic rings. The maximum atomic E-state index is 9.43. The first-order chi connectivity index (χ1) is 10.8. The van der Waals surface area contributed by atoms with Crippen LogP contribution in [-0.2, 0) is 0 Å². The Morgan fingerprint density at radius 3 is 2.41 bits per heavy atom. The molecule has 0 saturated heterocycles. The normalized spacial score (nSPS) is 10.9. The Morgan fingerprint density at radius 2 is 1.64 bits per heavy atom. The summed E-state index contributed by atoms with van der Waals surface area (Å²) in [6, 6.07) is 18.9. The van der Waals surface area contributed by atoms with Gasteiger partial charge in [0, 0.05) is 11.1 Å². The highest BCUT2D eigenvalue weighted by molar-refractivity contribution is 5.70. The maximum Gasteiger partial charge on any atom is 0.253 e. The van der Waals surface area contributed by atoms with Gasteiger partial charge in [-0.05, 0) is 30.3 Å². The van der Waals surface area contributed by atoms with Crippen molar-refractivity contribution in [3.05, 3.63) is 67.0 Å². The van der Waals surface area contributed by atoms with Crippen molar-refractivity contribution < 1.29 is 5.11 Å². The van der Waals surface area contributed by atoms with Crippen LogP contribution in [0.15, 0.2) is 67.0 Å². The Labute approximate surface area is 126 Å². The van der Waals surface area contributed by atoms with E-state index in [0.717, 1.165) is 22.5 Å². The summed E-state index contributed by atoms with van der Waals surface area (Å²) >= 11 is 0. The number of nitrogens with zero attached hydrogens (tertiary/aromatic N) is 4. The van der Waals surface area contributed by atoms with Gasteiger partial charge in [0.05, 0.1) is 11.4 Å². The van der Waals surface area contributed by atoms with Crippen molar-refractivity contribution >= 4 is 5.78 Å². The molecule has 0 amide bonds. The van der Waals surface area contributed by atoms with Gasteiger partial charge >= 0.3 is 0 Å². The number of benzene rings is 2. The van der Waals surface area contributed by atoms with Crippen LogP contribution < -0.4 is 0 Å². The van der Waals surface area contributed by atoms with Crippen molar-refractivity contribution in [3.8, 4) is 28.3 Å². The van der Waals surface area contributed by atoms with Crippen LogP contribution in [0.5, 0.6) is 5.75 Å². The topological polar surface area (TPSA) is 63.3 Å². The molecule has 0 fully saturated rings. The third kappa shape index (κ3) is 2.09. The highest BCUT2D eigenvalue weighted by Crippen LogP contribution is 2.26. The Balaban J connectivity index is 1.96. The summed E-state index contributed by atoms with van der Waals surface area (Å²) in [5.74, 6) is 0.778. The summed E-state index contributed by atoms with van der Waals surface area (Å²) in [6.45, 7) is 0. The van der Waals surface area contributed by atoms with Crippen LogP contribution in [0.2, 0.25) is 0 Å². The molecule has 2 aromatic heterocycles.